The third kappa shape index (κ3) is 4.46. The van der Waals surface area contributed by atoms with E-state index in [1.807, 2.05) is 68.4 Å². The van der Waals surface area contributed by atoms with E-state index in [9.17, 15) is 19.5 Å². The van der Waals surface area contributed by atoms with E-state index in [1.54, 1.807) is 23.7 Å². The summed E-state index contributed by atoms with van der Waals surface area (Å²) in [5.74, 6) is -0.586. The molecule has 1 N–H and O–H groups in total. The van der Waals surface area contributed by atoms with Crippen molar-refractivity contribution < 1.29 is 19.5 Å². The first kappa shape index (κ1) is 24.2. The molecule has 0 saturated carbocycles. The third-order valence-corrected chi connectivity index (χ3v) is 6.75. The molecule has 1 aliphatic heterocycles. The number of anilines is 1. The lowest BCUT2D eigenvalue weighted by Gasteiger charge is -2.27. The first-order valence-corrected chi connectivity index (χ1v) is 12.2. The van der Waals surface area contributed by atoms with E-state index in [-0.39, 0.29) is 30.0 Å². The van der Waals surface area contributed by atoms with Crippen molar-refractivity contribution in [1.82, 2.24) is 14.5 Å². The predicted octanol–water partition coefficient (Wildman–Crippen LogP) is 5.49. The van der Waals surface area contributed by atoms with Gasteiger partial charge >= 0.3 is 12.0 Å². The van der Waals surface area contributed by atoms with Gasteiger partial charge in [0.15, 0.2) is 0 Å². The van der Waals surface area contributed by atoms with Gasteiger partial charge in [-0.3, -0.25) is 14.6 Å². The fourth-order valence-electron chi connectivity index (χ4n) is 4.90. The molecule has 3 aromatic carbocycles. The van der Waals surface area contributed by atoms with E-state index in [2.05, 4.69) is 0 Å². The van der Waals surface area contributed by atoms with Gasteiger partial charge in [-0.15, -0.1) is 0 Å². The van der Waals surface area contributed by atoms with Crippen molar-refractivity contribution in [2.24, 2.45) is 13.0 Å². The Morgan fingerprint density at radius 1 is 0.973 bits per heavy atom. The van der Waals surface area contributed by atoms with Crippen LogP contribution in [0.1, 0.15) is 42.5 Å². The van der Waals surface area contributed by atoms with Gasteiger partial charge in [-0.2, -0.15) is 0 Å². The number of aromatic carboxylic acids is 1. The summed E-state index contributed by atoms with van der Waals surface area (Å²) in [6.45, 7) is 4.01. The standard InChI is InChI=1S/C29H28N4O4/c1-18(2)15-25(27-30-23-14-11-21(28(35)36)16-24(23)31(27)3)33-26(34)17-32(29(33)37)22-12-9-20(10-13-22)19-7-5-4-6-8-19/h4-14,16,18,25H,15,17H2,1-3H3,(H,35,36)/t25-/m0/s1. The molecule has 8 heteroatoms. The zero-order valence-corrected chi connectivity index (χ0v) is 21.0. The summed E-state index contributed by atoms with van der Waals surface area (Å²) in [6, 6.07) is 21.3. The lowest BCUT2D eigenvalue weighted by atomic mass is 10.0. The van der Waals surface area contributed by atoms with Crippen LogP contribution < -0.4 is 4.90 Å². The van der Waals surface area contributed by atoms with Gasteiger partial charge in [-0.05, 0) is 53.8 Å². The topological polar surface area (TPSA) is 95.7 Å². The van der Waals surface area contributed by atoms with Crippen LogP contribution in [0, 0.1) is 5.92 Å². The molecular weight excluding hydrogens is 468 g/mol. The van der Waals surface area contributed by atoms with E-state index in [0.29, 0.717) is 29.0 Å². The number of imide groups is 1. The normalized spacial score (nSPS) is 14.7. The number of carboxylic acid groups (broad SMARTS) is 1. The van der Waals surface area contributed by atoms with Crippen molar-refractivity contribution in [1.29, 1.82) is 0 Å². The van der Waals surface area contributed by atoms with Gasteiger partial charge in [-0.1, -0.05) is 56.3 Å². The van der Waals surface area contributed by atoms with Crippen LogP contribution in [0.4, 0.5) is 10.5 Å². The van der Waals surface area contributed by atoms with Gasteiger partial charge in [-0.25, -0.2) is 14.6 Å². The van der Waals surface area contributed by atoms with Crippen molar-refractivity contribution in [3.8, 4) is 11.1 Å². The number of aryl methyl sites for hydroxylation is 1. The number of aromatic nitrogens is 2. The molecule has 5 rings (SSSR count). The molecule has 1 fully saturated rings. The number of rotatable bonds is 7. The number of amides is 3. The van der Waals surface area contributed by atoms with Gasteiger partial charge in [0.25, 0.3) is 5.91 Å². The van der Waals surface area contributed by atoms with E-state index in [4.69, 9.17) is 4.98 Å². The quantitative estimate of drug-likeness (QED) is 0.341. The van der Waals surface area contributed by atoms with Crippen molar-refractivity contribution in [3.05, 3.63) is 84.2 Å². The second-order valence-corrected chi connectivity index (χ2v) is 9.73. The number of fused-ring (bicyclic) bond motifs is 1. The van der Waals surface area contributed by atoms with Crippen LogP contribution in [0.15, 0.2) is 72.8 Å². The Morgan fingerprint density at radius 2 is 1.65 bits per heavy atom. The van der Waals surface area contributed by atoms with Crippen LogP contribution >= 0.6 is 0 Å². The Bertz CT molecular complexity index is 1490. The second-order valence-electron chi connectivity index (χ2n) is 9.73. The zero-order chi connectivity index (χ0) is 26.3. The third-order valence-electron chi connectivity index (χ3n) is 6.75. The van der Waals surface area contributed by atoms with Gasteiger partial charge in [0.2, 0.25) is 0 Å². The minimum atomic E-state index is -1.03. The molecule has 1 aromatic heterocycles. The van der Waals surface area contributed by atoms with Crippen LogP contribution in [0.2, 0.25) is 0 Å². The minimum absolute atomic E-state index is 0.0504. The summed E-state index contributed by atoms with van der Waals surface area (Å²) in [5.41, 5.74) is 4.15. The van der Waals surface area contributed by atoms with E-state index in [0.717, 1.165) is 11.1 Å². The summed E-state index contributed by atoms with van der Waals surface area (Å²) in [4.78, 5) is 45.9. The average Bonchev–Trinajstić information content (AvgIpc) is 3.38. The summed E-state index contributed by atoms with van der Waals surface area (Å²) in [6.07, 6.45) is 0.529. The number of hydrogen-bond acceptors (Lipinski definition) is 4. The van der Waals surface area contributed by atoms with Gasteiger partial charge < -0.3 is 9.67 Å². The van der Waals surface area contributed by atoms with E-state index < -0.39 is 12.0 Å². The monoisotopic (exact) mass is 496 g/mol. The summed E-state index contributed by atoms with van der Waals surface area (Å²) in [5, 5.41) is 9.40. The minimum Gasteiger partial charge on any atom is -0.478 e. The first-order valence-electron chi connectivity index (χ1n) is 12.2. The Balaban J connectivity index is 1.48. The van der Waals surface area contributed by atoms with Crippen LogP contribution in [0.25, 0.3) is 22.2 Å². The summed E-state index contributed by atoms with van der Waals surface area (Å²) < 4.78 is 1.78. The van der Waals surface area contributed by atoms with E-state index >= 15 is 0 Å². The van der Waals surface area contributed by atoms with Crippen molar-refractivity contribution >= 4 is 34.6 Å². The van der Waals surface area contributed by atoms with Crippen LogP contribution in [0.5, 0.6) is 0 Å². The fourth-order valence-corrected chi connectivity index (χ4v) is 4.90. The maximum absolute atomic E-state index is 13.7. The average molecular weight is 497 g/mol. The number of carbonyl (C=O) groups is 3. The summed E-state index contributed by atoms with van der Waals surface area (Å²) in [7, 11) is 1.79. The molecule has 0 unspecified atom stereocenters. The highest BCUT2D eigenvalue weighted by molar-refractivity contribution is 6.12. The second kappa shape index (κ2) is 9.54. The molecule has 0 radical (unpaired) electrons. The van der Waals surface area contributed by atoms with Crippen LogP contribution in [-0.4, -0.2) is 44.0 Å². The molecule has 0 bridgehead atoms. The number of carbonyl (C=O) groups excluding carboxylic acids is 2. The molecular formula is C29H28N4O4. The molecule has 1 atom stereocenters. The molecule has 37 heavy (non-hydrogen) atoms. The van der Waals surface area contributed by atoms with Gasteiger partial charge in [0.05, 0.1) is 22.6 Å². The smallest absolute Gasteiger partial charge is 0.335 e. The molecule has 1 aliphatic rings. The molecule has 0 spiro atoms. The predicted molar refractivity (Wildman–Crippen MR) is 141 cm³/mol. The lowest BCUT2D eigenvalue weighted by Crippen LogP contribution is -2.38. The summed E-state index contributed by atoms with van der Waals surface area (Å²) >= 11 is 0. The molecule has 3 amide bonds. The highest BCUT2D eigenvalue weighted by Gasteiger charge is 2.43. The first-order chi connectivity index (χ1) is 17.7. The Hall–Kier alpha value is -4.46. The number of benzene rings is 3. The number of hydrogen-bond donors (Lipinski definition) is 1. The molecule has 8 nitrogen and oxygen atoms in total. The zero-order valence-electron chi connectivity index (χ0n) is 21.0. The fraction of sp³-hybridized carbons (Fsp3) is 0.241. The van der Waals surface area contributed by atoms with E-state index in [1.165, 1.54) is 15.9 Å². The SMILES string of the molecule is CC(C)C[C@@H](c1nc2ccc(C(=O)O)cc2n1C)N1C(=O)CN(c2ccc(-c3ccccc3)cc2)C1=O. The maximum atomic E-state index is 13.7. The largest absolute Gasteiger partial charge is 0.478 e. The number of urea groups is 1. The van der Waals surface area contributed by atoms with Crippen molar-refractivity contribution in [3.63, 3.8) is 0 Å². The Labute approximate surface area is 214 Å². The van der Waals surface area contributed by atoms with Gasteiger partial charge in [0.1, 0.15) is 12.4 Å². The molecule has 188 valence electrons. The van der Waals surface area contributed by atoms with Crippen LogP contribution in [0.3, 0.4) is 0 Å². The maximum Gasteiger partial charge on any atom is 0.335 e. The van der Waals surface area contributed by atoms with Crippen molar-refractivity contribution in [2.45, 2.75) is 26.3 Å². The number of nitrogens with zero attached hydrogens (tertiary/aromatic N) is 4. The van der Waals surface area contributed by atoms with Gasteiger partial charge in [0, 0.05) is 12.7 Å². The molecule has 2 heterocycles. The van der Waals surface area contributed by atoms with Crippen molar-refractivity contribution in [2.75, 3.05) is 11.4 Å². The molecule has 1 saturated heterocycles. The van der Waals surface area contributed by atoms with Crippen LogP contribution in [-0.2, 0) is 11.8 Å². The highest BCUT2D eigenvalue weighted by Crippen LogP contribution is 2.35. The molecule has 0 aliphatic carbocycles. The number of imidazole rings is 1. The Kier molecular flexibility index (Phi) is 6.25. The lowest BCUT2D eigenvalue weighted by molar-refractivity contribution is -0.127. The highest BCUT2D eigenvalue weighted by atomic mass is 16.4. The molecule has 4 aromatic rings. The Morgan fingerprint density at radius 3 is 2.30 bits per heavy atom. The number of carboxylic acids is 1.